The van der Waals surface area contributed by atoms with Crippen molar-refractivity contribution in [1.82, 2.24) is 5.43 Å². The summed E-state index contributed by atoms with van der Waals surface area (Å²) in [6.45, 7) is 4.72. The van der Waals surface area contributed by atoms with Gasteiger partial charge in [-0.15, -0.1) is 0 Å². The standard InChI is InChI=1S/C14H28N2S2/c1-3-11-5-4-6-12(9-11)13(16-15)14-10(2)17-7-8-18-14/h10-14,16H,3-9,15H2,1-2H3. The minimum Gasteiger partial charge on any atom is -0.271 e. The van der Waals surface area contributed by atoms with Crippen LogP contribution in [-0.4, -0.2) is 28.0 Å². The molecule has 1 aliphatic carbocycles. The van der Waals surface area contributed by atoms with Crippen molar-refractivity contribution in [2.45, 2.75) is 62.5 Å². The molecule has 1 heterocycles. The third-order valence-corrected chi connectivity index (χ3v) is 7.91. The summed E-state index contributed by atoms with van der Waals surface area (Å²) in [6.07, 6.45) is 6.95. The zero-order valence-corrected chi connectivity index (χ0v) is 13.4. The molecule has 1 aliphatic heterocycles. The Bertz CT molecular complexity index is 250. The molecule has 0 radical (unpaired) electrons. The lowest BCUT2D eigenvalue weighted by Crippen LogP contribution is -2.52. The van der Waals surface area contributed by atoms with Crippen LogP contribution in [0.2, 0.25) is 0 Å². The van der Waals surface area contributed by atoms with Crippen molar-refractivity contribution in [2.24, 2.45) is 17.7 Å². The minimum absolute atomic E-state index is 0.521. The molecule has 0 bridgehead atoms. The molecule has 2 fully saturated rings. The third-order valence-electron chi connectivity index (χ3n) is 4.69. The van der Waals surface area contributed by atoms with Gasteiger partial charge in [0.05, 0.1) is 0 Å². The topological polar surface area (TPSA) is 38.0 Å². The molecule has 3 N–H and O–H groups in total. The Labute approximate surface area is 121 Å². The van der Waals surface area contributed by atoms with Crippen molar-refractivity contribution in [3.8, 4) is 0 Å². The first-order chi connectivity index (χ1) is 8.76. The van der Waals surface area contributed by atoms with Crippen LogP contribution in [0.4, 0.5) is 0 Å². The molecule has 0 aromatic carbocycles. The number of nitrogens with two attached hydrogens (primary N) is 1. The van der Waals surface area contributed by atoms with E-state index in [0.717, 1.165) is 17.1 Å². The first kappa shape index (κ1) is 15.0. The molecule has 1 saturated carbocycles. The van der Waals surface area contributed by atoms with Gasteiger partial charge >= 0.3 is 0 Å². The molecule has 0 aromatic heterocycles. The van der Waals surface area contributed by atoms with Gasteiger partial charge in [0.1, 0.15) is 0 Å². The summed E-state index contributed by atoms with van der Waals surface area (Å²) < 4.78 is 0. The Kier molecular flexibility index (Phi) is 6.19. The Morgan fingerprint density at radius 1 is 1.28 bits per heavy atom. The lowest BCUT2D eigenvalue weighted by molar-refractivity contribution is 0.205. The van der Waals surface area contributed by atoms with Crippen molar-refractivity contribution in [2.75, 3.05) is 11.5 Å². The Balaban J connectivity index is 1.98. The molecule has 5 atom stereocenters. The van der Waals surface area contributed by atoms with Gasteiger partial charge in [0.15, 0.2) is 0 Å². The lowest BCUT2D eigenvalue weighted by Gasteiger charge is -2.41. The van der Waals surface area contributed by atoms with Gasteiger partial charge in [-0.1, -0.05) is 33.1 Å². The van der Waals surface area contributed by atoms with Crippen LogP contribution in [0.5, 0.6) is 0 Å². The Hall–Kier alpha value is 0.620. The average molecular weight is 289 g/mol. The maximum atomic E-state index is 5.91. The van der Waals surface area contributed by atoms with Gasteiger partial charge < -0.3 is 0 Å². The minimum atomic E-state index is 0.521. The monoisotopic (exact) mass is 288 g/mol. The summed E-state index contributed by atoms with van der Waals surface area (Å²) in [4.78, 5) is 0. The van der Waals surface area contributed by atoms with E-state index in [4.69, 9.17) is 5.84 Å². The van der Waals surface area contributed by atoms with E-state index in [-0.39, 0.29) is 0 Å². The summed E-state index contributed by atoms with van der Waals surface area (Å²) in [5, 5.41) is 1.45. The number of rotatable bonds is 4. The van der Waals surface area contributed by atoms with Crippen molar-refractivity contribution < 1.29 is 0 Å². The van der Waals surface area contributed by atoms with Crippen LogP contribution in [0.3, 0.4) is 0 Å². The first-order valence-electron chi connectivity index (χ1n) is 7.45. The second kappa shape index (κ2) is 7.41. The summed E-state index contributed by atoms with van der Waals surface area (Å²) in [6, 6.07) is 0.521. The van der Waals surface area contributed by atoms with Crippen LogP contribution in [0, 0.1) is 11.8 Å². The van der Waals surface area contributed by atoms with Gasteiger partial charge in [-0.25, -0.2) is 0 Å². The van der Waals surface area contributed by atoms with Crippen LogP contribution >= 0.6 is 23.5 Å². The summed E-state index contributed by atoms with van der Waals surface area (Å²) >= 11 is 4.27. The molecular weight excluding hydrogens is 260 g/mol. The van der Waals surface area contributed by atoms with E-state index >= 15 is 0 Å². The van der Waals surface area contributed by atoms with Gasteiger partial charge in [-0.3, -0.25) is 11.3 Å². The van der Waals surface area contributed by atoms with E-state index in [0.29, 0.717) is 11.3 Å². The molecule has 0 spiro atoms. The molecule has 0 aromatic rings. The number of nitrogens with one attached hydrogen (secondary N) is 1. The van der Waals surface area contributed by atoms with Crippen LogP contribution in [-0.2, 0) is 0 Å². The maximum Gasteiger partial charge on any atom is 0.0368 e. The van der Waals surface area contributed by atoms with Gasteiger partial charge in [-0.05, 0) is 24.7 Å². The fourth-order valence-corrected chi connectivity index (χ4v) is 6.60. The second-order valence-corrected chi connectivity index (χ2v) is 8.58. The molecule has 1 saturated heterocycles. The average Bonchev–Trinajstić information content (AvgIpc) is 2.42. The number of thioether (sulfide) groups is 2. The number of hydrazine groups is 1. The lowest BCUT2D eigenvalue weighted by atomic mass is 9.76. The van der Waals surface area contributed by atoms with E-state index in [1.807, 2.05) is 0 Å². The highest BCUT2D eigenvalue weighted by molar-refractivity contribution is 8.07. The smallest absolute Gasteiger partial charge is 0.0368 e. The quantitative estimate of drug-likeness (QED) is 0.615. The first-order valence-corrected chi connectivity index (χ1v) is 9.55. The van der Waals surface area contributed by atoms with Gasteiger partial charge in [0.2, 0.25) is 0 Å². The summed E-state index contributed by atoms with van der Waals surface area (Å²) in [5.41, 5.74) is 3.18. The van der Waals surface area contributed by atoms with Crippen molar-refractivity contribution in [3.63, 3.8) is 0 Å². The molecule has 0 amide bonds. The SMILES string of the molecule is CCC1CCCC(C(NN)C2SCCSC2C)C1. The maximum absolute atomic E-state index is 5.91. The summed E-state index contributed by atoms with van der Waals surface area (Å²) in [7, 11) is 0. The predicted octanol–water partition coefficient (Wildman–Crippen LogP) is 3.27. The van der Waals surface area contributed by atoms with Crippen LogP contribution in [0.1, 0.15) is 46.0 Å². The van der Waals surface area contributed by atoms with Crippen molar-refractivity contribution in [3.05, 3.63) is 0 Å². The van der Waals surface area contributed by atoms with E-state index in [1.54, 1.807) is 0 Å². The normalized spacial score (nSPS) is 39.5. The highest BCUT2D eigenvalue weighted by Crippen LogP contribution is 2.40. The van der Waals surface area contributed by atoms with Gasteiger partial charge in [0, 0.05) is 28.0 Å². The Morgan fingerprint density at radius 3 is 2.72 bits per heavy atom. The second-order valence-electron chi connectivity index (χ2n) is 5.80. The molecule has 5 unspecified atom stereocenters. The van der Waals surface area contributed by atoms with E-state index in [1.165, 1.54) is 43.6 Å². The highest BCUT2D eigenvalue weighted by Gasteiger charge is 2.36. The number of hydrogen-bond acceptors (Lipinski definition) is 4. The largest absolute Gasteiger partial charge is 0.271 e. The highest BCUT2D eigenvalue weighted by atomic mass is 32.2. The fraction of sp³-hybridized carbons (Fsp3) is 1.00. The molecule has 2 rings (SSSR count). The van der Waals surface area contributed by atoms with Crippen LogP contribution in [0.25, 0.3) is 0 Å². The van der Waals surface area contributed by atoms with Gasteiger partial charge in [-0.2, -0.15) is 23.5 Å². The molecule has 2 nitrogen and oxygen atoms in total. The predicted molar refractivity (Wildman–Crippen MR) is 85.0 cm³/mol. The molecule has 4 heteroatoms. The zero-order chi connectivity index (χ0) is 13.0. The third kappa shape index (κ3) is 3.59. The van der Waals surface area contributed by atoms with Crippen LogP contribution < -0.4 is 11.3 Å². The van der Waals surface area contributed by atoms with Crippen molar-refractivity contribution >= 4 is 23.5 Å². The van der Waals surface area contributed by atoms with E-state index in [9.17, 15) is 0 Å². The molecular formula is C14H28N2S2. The molecule has 2 aliphatic rings. The summed E-state index contributed by atoms with van der Waals surface area (Å²) in [5.74, 6) is 10.3. The van der Waals surface area contributed by atoms with E-state index < -0.39 is 0 Å². The van der Waals surface area contributed by atoms with Crippen LogP contribution in [0.15, 0.2) is 0 Å². The number of hydrogen-bond donors (Lipinski definition) is 2. The molecule has 18 heavy (non-hydrogen) atoms. The van der Waals surface area contributed by atoms with E-state index in [2.05, 4.69) is 42.8 Å². The van der Waals surface area contributed by atoms with Crippen molar-refractivity contribution in [1.29, 1.82) is 0 Å². The van der Waals surface area contributed by atoms with Gasteiger partial charge in [0.25, 0.3) is 0 Å². The fourth-order valence-electron chi connectivity index (χ4n) is 3.57. The molecule has 106 valence electrons. The zero-order valence-electron chi connectivity index (χ0n) is 11.7. The Morgan fingerprint density at radius 2 is 2.06 bits per heavy atom.